The van der Waals surface area contributed by atoms with Crippen molar-refractivity contribution in [3.8, 4) is 0 Å². The molecule has 4 nitrogen and oxygen atoms in total. The standard InChI is InChI=1S/C48H82O4/c1-11-12-13-14-15-16-17-18-19-20-21-22-36(51-35(4)49)33-42(50)52-41-27-29-46(8)39(44(41,5)6)26-30-48(10)40(46)24-23-38-43-37(34(2)3)25-28-45(43,7)31-32-47(38,48)9/h36-41,43H,2,11-33H2,1,3-10H3. The molecular weight excluding hydrogens is 641 g/mol. The summed E-state index contributed by atoms with van der Waals surface area (Å²) in [7, 11) is 0. The van der Waals surface area contributed by atoms with Crippen molar-refractivity contribution < 1.29 is 19.1 Å². The molecule has 0 amide bonds. The van der Waals surface area contributed by atoms with Crippen molar-refractivity contribution in [1.82, 2.24) is 0 Å². The number of hydrogen-bond donors (Lipinski definition) is 0. The summed E-state index contributed by atoms with van der Waals surface area (Å²) in [6, 6.07) is 0. The number of rotatable bonds is 17. The normalized spacial score (nSPS) is 39.7. The Kier molecular flexibility index (Phi) is 13.5. The lowest BCUT2D eigenvalue weighted by atomic mass is 9.32. The molecule has 5 saturated carbocycles. The molecule has 0 N–H and O–H groups in total. The maximum atomic E-state index is 13.6. The fraction of sp³-hybridized carbons (Fsp3) is 0.917. The maximum absolute atomic E-state index is 13.6. The molecule has 0 heterocycles. The highest BCUT2D eigenvalue weighted by molar-refractivity contribution is 5.71. The van der Waals surface area contributed by atoms with E-state index in [2.05, 4.69) is 62.0 Å². The highest BCUT2D eigenvalue weighted by Crippen LogP contribution is 2.77. The first kappa shape index (κ1) is 41.8. The number of unbranched alkanes of at least 4 members (excludes halogenated alkanes) is 10. The fourth-order valence-corrected chi connectivity index (χ4v) is 14.5. The molecular formula is C48H82O4. The van der Waals surface area contributed by atoms with E-state index in [4.69, 9.17) is 9.47 Å². The third-order valence-corrected chi connectivity index (χ3v) is 17.6. The largest absolute Gasteiger partial charge is 0.462 e. The number of fused-ring (bicyclic) bond motifs is 7. The Labute approximate surface area is 321 Å². The second-order valence-electron chi connectivity index (χ2n) is 20.9. The van der Waals surface area contributed by atoms with E-state index in [0.717, 1.165) is 43.9 Å². The van der Waals surface area contributed by atoms with Crippen LogP contribution in [0.5, 0.6) is 0 Å². The van der Waals surface area contributed by atoms with Crippen LogP contribution in [0.15, 0.2) is 12.2 Å². The minimum atomic E-state index is -0.381. The Morgan fingerprint density at radius 1 is 0.692 bits per heavy atom. The molecule has 5 rings (SSSR count). The van der Waals surface area contributed by atoms with Gasteiger partial charge in [-0.15, -0.1) is 0 Å². The van der Waals surface area contributed by atoms with Gasteiger partial charge >= 0.3 is 11.9 Å². The van der Waals surface area contributed by atoms with Crippen LogP contribution in [0.25, 0.3) is 0 Å². The minimum absolute atomic E-state index is 0.0838. The van der Waals surface area contributed by atoms with Gasteiger partial charge in [0.25, 0.3) is 0 Å². The first-order valence-corrected chi connectivity index (χ1v) is 22.6. The summed E-state index contributed by atoms with van der Waals surface area (Å²) in [5.74, 6) is 3.07. The minimum Gasteiger partial charge on any atom is -0.462 e. The van der Waals surface area contributed by atoms with Gasteiger partial charge in [0.15, 0.2) is 0 Å². The molecule has 0 aromatic carbocycles. The third-order valence-electron chi connectivity index (χ3n) is 17.6. The smallest absolute Gasteiger partial charge is 0.309 e. The van der Waals surface area contributed by atoms with E-state index >= 15 is 0 Å². The van der Waals surface area contributed by atoms with Gasteiger partial charge in [-0.05, 0) is 135 Å². The highest BCUT2D eigenvalue weighted by atomic mass is 16.6. The highest BCUT2D eigenvalue weighted by Gasteiger charge is 2.70. The zero-order valence-corrected chi connectivity index (χ0v) is 35.6. The molecule has 0 spiro atoms. The van der Waals surface area contributed by atoms with Crippen LogP contribution in [0.3, 0.4) is 0 Å². The van der Waals surface area contributed by atoms with Crippen molar-refractivity contribution in [2.45, 2.75) is 222 Å². The Balaban J connectivity index is 1.17. The molecule has 298 valence electrons. The lowest BCUT2D eigenvalue weighted by Crippen LogP contribution is -2.66. The number of carbonyl (C=O) groups is 2. The molecule has 5 aliphatic rings. The predicted molar refractivity (Wildman–Crippen MR) is 216 cm³/mol. The van der Waals surface area contributed by atoms with Gasteiger partial charge in [0, 0.05) is 12.3 Å². The van der Waals surface area contributed by atoms with Crippen LogP contribution in [0, 0.1) is 56.7 Å². The van der Waals surface area contributed by atoms with Crippen molar-refractivity contribution in [2.75, 3.05) is 0 Å². The van der Waals surface area contributed by atoms with Gasteiger partial charge in [-0.1, -0.05) is 125 Å². The molecule has 0 bridgehead atoms. The molecule has 5 fully saturated rings. The van der Waals surface area contributed by atoms with Gasteiger partial charge in [-0.25, -0.2) is 0 Å². The summed E-state index contributed by atoms with van der Waals surface area (Å²) in [6.45, 7) is 26.1. The summed E-state index contributed by atoms with van der Waals surface area (Å²) in [5.41, 5.74) is 2.81. The Morgan fingerprint density at radius 2 is 1.33 bits per heavy atom. The van der Waals surface area contributed by atoms with Crippen molar-refractivity contribution in [2.24, 2.45) is 56.7 Å². The quantitative estimate of drug-likeness (QED) is 0.0852. The van der Waals surface area contributed by atoms with Crippen LogP contribution in [-0.2, 0) is 19.1 Å². The molecule has 0 saturated heterocycles. The number of ether oxygens (including phenoxy) is 2. The molecule has 11 atom stereocenters. The van der Waals surface area contributed by atoms with Crippen LogP contribution in [0.2, 0.25) is 0 Å². The van der Waals surface area contributed by atoms with E-state index in [0.29, 0.717) is 34.0 Å². The second kappa shape index (κ2) is 16.8. The molecule has 0 aromatic heterocycles. The zero-order chi connectivity index (χ0) is 38.0. The molecule has 11 unspecified atom stereocenters. The number of allylic oxidation sites excluding steroid dienone is 1. The van der Waals surface area contributed by atoms with Crippen molar-refractivity contribution in [1.29, 1.82) is 0 Å². The lowest BCUT2D eigenvalue weighted by Gasteiger charge is -2.73. The molecule has 0 aliphatic heterocycles. The average Bonchev–Trinajstić information content (AvgIpc) is 3.43. The Bertz CT molecular complexity index is 1240. The van der Waals surface area contributed by atoms with E-state index in [1.807, 2.05) is 0 Å². The molecule has 0 radical (unpaired) electrons. The number of hydrogen-bond acceptors (Lipinski definition) is 4. The van der Waals surface area contributed by atoms with Crippen LogP contribution in [0.1, 0.15) is 210 Å². The van der Waals surface area contributed by atoms with Crippen molar-refractivity contribution >= 4 is 11.9 Å². The summed E-state index contributed by atoms with van der Waals surface area (Å²) >= 11 is 0. The topological polar surface area (TPSA) is 52.6 Å². The summed E-state index contributed by atoms with van der Waals surface area (Å²) in [6.07, 6.45) is 27.4. The monoisotopic (exact) mass is 723 g/mol. The van der Waals surface area contributed by atoms with Gasteiger partial charge in [-0.3, -0.25) is 9.59 Å². The van der Waals surface area contributed by atoms with E-state index in [1.165, 1.54) is 122 Å². The van der Waals surface area contributed by atoms with Crippen LogP contribution in [-0.4, -0.2) is 24.1 Å². The zero-order valence-electron chi connectivity index (χ0n) is 35.6. The third kappa shape index (κ3) is 8.13. The summed E-state index contributed by atoms with van der Waals surface area (Å²) in [4.78, 5) is 25.6. The first-order chi connectivity index (χ1) is 24.5. The number of esters is 2. The van der Waals surface area contributed by atoms with Crippen LogP contribution in [0.4, 0.5) is 0 Å². The Morgan fingerprint density at radius 3 is 1.94 bits per heavy atom. The van der Waals surface area contributed by atoms with Gasteiger partial charge in [-0.2, -0.15) is 0 Å². The number of carbonyl (C=O) groups excluding carboxylic acids is 2. The van der Waals surface area contributed by atoms with Crippen molar-refractivity contribution in [3.05, 3.63) is 12.2 Å². The van der Waals surface area contributed by atoms with E-state index in [-0.39, 0.29) is 41.4 Å². The van der Waals surface area contributed by atoms with Gasteiger partial charge in [0.05, 0.1) is 6.42 Å². The predicted octanol–water partition coefficient (Wildman–Crippen LogP) is 13.6. The SMILES string of the molecule is C=C(C)C1CCC2(C)CCC3(C)C(CCC4C5(C)CCC(OC(=O)CC(CCCCCCCCCCCCC)OC(C)=O)C(C)(C)C5CCC43C)C12. The molecule has 52 heavy (non-hydrogen) atoms. The lowest BCUT2D eigenvalue weighted by molar-refractivity contribution is -0.249. The van der Waals surface area contributed by atoms with Crippen molar-refractivity contribution in [3.63, 3.8) is 0 Å². The van der Waals surface area contributed by atoms with Gasteiger partial charge in [0.1, 0.15) is 12.2 Å². The van der Waals surface area contributed by atoms with Gasteiger partial charge in [0.2, 0.25) is 0 Å². The van der Waals surface area contributed by atoms with E-state index in [1.54, 1.807) is 0 Å². The van der Waals surface area contributed by atoms with Crippen LogP contribution < -0.4 is 0 Å². The van der Waals surface area contributed by atoms with E-state index < -0.39 is 0 Å². The summed E-state index contributed by atoms with van der Waals surface area (Å²) in [5, 5.41) is 0. The second-order valence-corrected chi connectivity index (χ2v) is 20.9. The van der Waals surface area contributed by atoms with E-state index in [9.17, 15) is 9.59 Å². The first-order valence-electron chi connectivity index (χ1n) is 22.6. The van der Waals surface area contributed by atoms with Gasteiger partial charge < -0.3 is 9.47 Å². The molecule has 4 heteroatoms. The molecule has 5 aliphatic carbocycles. The molecule has 0 aromatic rings. The van der Waals surface area contributed by atoms with Crippen LogP contribution >= 0.6 is 0 Å². The Hall–Kier alpha value is -1.32. The maximum Gasteiger partial charge on any atom is 0.309 e. The summed E-state index contributed by atoms with van der Waals surface area (Å²) < 4.78 is 12.1. The fourth-order valence-electron chi connectivity index (χ4n) is 14.5. The average molecular weight is 723 g/mol.